The maximum Gasteiger partial charge on any atom is 2.00 e. The van der Waals surface area contributed by atoms with E-state index < -0.39 is 10.1 Å². The Morgan fingerprint density at radius 1 is 0.560 bits per heavy atom. The van der Waals surface area contributed by atoms with Gasteiger partial charge in [-0.15, -0.1) is 0 Å². The molecular formula is C20H44CaO3S. The predicted octanol–water partition coefficient (Wildman–Crippen LogP) is 6.76. The average molecular weight is 405 g/mol. The molecule has 5 heteroatoms. The Morgan fingerprint density at radius 2 is 0.800 bits per heavy atom. The zero-order valence-electron chi connectivity index (χ0n) is 18.8. The van der Waals surface area contributed by atoms with Crippen LogP contribution in [0.5, 0.6) is 0 Å². The molecular weight excluding hydrogens is 360 g/mol. The van der Waals surface area contributed by atoms with Gasteiger partial charge in [-0.2, -0.15) is 8.42 Å². The Labute approximate surface area is 190 Å². The Hall–Kier alpha value is 1.17. The molecule has 0 fully saturated rings. The first kappa shape index (κ1) is 28.4. The summed E-state index contributed by atoms with van der Waals surface area (Å²) in [5, 5.41) is 0. The third-order valence-electron chi connectivity index (χ3n) is 4.76. The summed E-state index contributed by atoms with van der Waals surface area (Å²) in [6.45, 7) is 2.27. The van der Waals surface area contributed by atoms with Crippen molar-refractivity contribution in [1.29, 1.82) is 0 Å². The fourth-order valence-corrected chi connectivity index (χ4v) is 3.76. The molecule has 0 aromatic rings. The van der Waals surface area contributed by atoms with Crippen molar-refractivity contribution in [3.8, 4) is 0 Å². The molecule has 0 unspecified atom stereocenters. The topological polar surface area (TPSA) is 54.4 Å². The molecule has 0 spiro atoms. The first-order valence-electron chi connectivity index (χ1n) is 10.5. The Bertz CT molecular complexity index is 355. The van der Waals surface area contributed by atoms with E-state index in [1.165, 1.54) is 96.3 Å². The molecule has 0 atom stereocenters. The quantitative estimate of drug-likeness (QED) is 0.147. The molecule has 0 aliphatic carbocycles. The SMILES string of the molecule is CCCCCCCCCCCCCCCCCCCCS(=O)(=O)O.[Ca+2].[H-].[H-]. The Balaban J connectivity index is -0.000000882. The second kappa shape index (κ2) is 21.5. The summed E-state index contributed by atoms with van der Waals surface area (Å²) in [6.07, 6.45) is 23.2. The van der Waals surface area contributed by atoms with E-state index in [-0.39, 0.29) is 46.3 Å². The molecule has 0 rings (SSSR count). The van der Waals surface area contributed by atoms with Gasteiger partial charge in [0.15, 0.2) is 0 Å². The summed E-state index contributed by atoms with van der Waals surface area (Å²) in [5.41, 5.74) is 0. The van der Waals surface area contributed by atoms with Gasteiger partial charge in [-0.1, -0.05) is 116 Å². The van der Waals surface area contributed by atoms with E-state index >= 15 is 0 Å². The molecule has 0 aliphatic rings. The van der Waals surface area contributed by atoms with Crippen molar-refractivity contribution in [3.63, 3.8) is 0 Å². The molecule has 0 aliphatic heterocycles. The fraction of sp³-hybridized carbons (Fsp3) is 1.00. The minimum absolute atomic E-state index is 0. The molecule has 150 valence electrons. The fourth-order valence-electron chi connectivity index (χ4n) is 3.19. The predicted molar refractivity (Wildman–Crippen MR) is 113 cm³/mol. The summed E-state index contributed by atoms with van der Waals surface area (Å²) in [6, 6.07) is 0. The van der Waals surface area contributed by atoms with Crippen LogP contribution in [0.3, 0.4) is 0 Å². The minimum Gasteiger partial charge on any atom is -1.00 e. The van der Waals surface area contributed by atoms with Gasteiger partial charge < -0.3 is 2.85 Å². The van der Waals surface area contributed by atoms with Crippen molar-refractivity contribution in [3.05, 3.63) is 0 Å². The van der Waals surface area contributed by atoms with Gasteiger partial charge in [-0.25, -0.2) is 0 Å². The van der Waals surface area contributed by atoms with Crippen LogP contribution in [-0.4, -0.2) is 56.5 Å². The summed E-state index contributed by atoms with van der Waals surface area (Å²) in [5.74, 6) is -0.0776. The largest absolute Gasteiger partial charge is 2.00 e. The molecule has 3 nitrogen and oxygen atoms in total. The van der Waals surface area contributed by atoms with Gasteiger partial charge in [0.05, 0.1) is 5.75 Å². The van der Waals surface area contributed by atoms with Gasteiger partial charge in [0.2, 0.25) is 0 Å². The standard InChI is InChI=1S/C20H42O3S.Ca.2H/c1-2-3-4-5-6-7-8-9-10-11-12-13-14-15-16-17-18-19-20-24(21,22)23;;;/h2-20H2,1H3,(H,21,22,23);;;/q;+2;2*-1. The summed E-state index contributed by atoms with van der Waals surface area (Å²) in [4.78, 5) is 0. The first-order chi connectivity index (χ1) is 11.6. The minimum atomic E-state index is -3.75. The van der Waals surface area contributed by atoms with E-state index in [0.29, 0.717) is 6.42 Å². The van der Waals surface area contributed by atoms with E-state index in [2.05, 4.69) is 6.92 Å². The molecule has 25 heavy (non-hydrogen) atoms. The summed E-state index contributed by atoms with van der Waals surface area (Å²) < 4.78 is 29.7. The van der Waals surface area contributed by atoms with Crippen molar-refractivity contribution in [2.45, 2.75) is 122 Å². The molecule has 0 saturated heterocycles. The zero-order chi connectivity index (χ0) is 17.9. The molecule has 0 aromatic carbocycles. The maximum absolute atomic E-state index is 10.6. The number of hydrogen-bond acceptors (Lipinski definition) is 2. The first-order valence-corrected chi connectivity index (χ1v) is 12.1. The zero-order valence-corrected chi connectivity index (χ0v) is 19.8. The number of hydrogen-bond donors (Lipinski definition) is 1. The van der Waals surface area contributed by atoms with E-state index in [1.807, 2.05) is 0 Å². The van der Waals surface area contributed by atoms with Crippen molar-refractivity contribution in [1.82, 2.24) is 0 Å². The van der Waals surface area contributed by atoms with Gasteiger partial charge in [0, 0.05) is 0 Å². The normalized spacial score (nSPS) is 11.4. The van der Waals surface area contributed by atoms with E-state index in [9.17, 15) is 8.42 Å². The molecule has 0 amide bonds. The van der Waals surface area contributed by atoms with E-state index in [0.717, 1.165) is 12.8 Å². The van der Waals surface area contributed by atoms with Crippen molar-refractivity contribution < 1.29 is 15.8 Å². The van der Waals surface area contributed by atoms with E-state index in [1.54, 1.807) is 0 Å². The second-order valence-corrected chi connectivity index (χ2v) is 8.87. The van der Waals surface area contributed by atoms with Crippen LogP contribution in [0.1, 0.15) is 125 Å². The molecule has 1 N–H and O–H groups in total. The molecule has 0 aromatic heterocycles. The third-order valence-corrected chi connectivity index (χ3v) is 5.56. The van der Waals surface area contributed by atoms with Crippen LogP contribution >= 0.6 is 0 Å². The Kier molecular flexibility index (Phi) is 24.4. The van der Waals surface area contributed by atoms with Gasteiger partial charge in [-0.05, 0) is 6.42 Å². The van der Waals surface area contributed by atoms with Crippen LogP contribution in [0.25, 0.3) is 0 Å². The van der Waals surface area contributed by atoms with Gasteiger partial charge in [0.25, 0.3) is 10.1 Å². The van der Waals surface area contributed by atoms with Crippen molar-refractivity contribution >= 4 is 47.9 Å². The van der Waals surface area contributed by atoms with E-state index in [4.69, 9.17) is 4.55 Å². The van der Waals surface area contributed by atoms with Crippen LogP contribution in [0, 0.1) is 0 Å². The smallest absolute Gasteiger partial charge is 1.00 e. The van der Waals surface area contributed by atoms with Crippen molar-refractivity contribution in [2.24, 2.45) is 0 Å². The molecule has 0 bridgehead atoms. The van der Waals surface area contributed by atoms with Crippen LogP contribution in [0.15, 0.2) is 0 Å². The molecule has 0 radical (unpaired) electrons. The average Bonchev–Trinajstić information content (AvgIpc) is 2.52. The van der Waals surface area contributed by atoms with Crippen LogP contribution in [-0.2, 0) is 10.1 Å². The van der Waals surface area contributed by atoms with Gasteiger partial charge in [0.1, 0.15) is 0 Å². The molecule has 0 heterocycles. The van der Waals surface area contributed by atoms with Crippen molar-refractivity contribution in [2.75, 3.05) is 5.75 Å². The summed E-state index contributed by atoms with van der Waals surface area (Å²) >= 11 is 0. The summed E-state index contributed by atoms with van der Waals surface area (Å²) in [7, 11) is -3.75. The monoisotopic (exact) mass is 404 g/mol. The van der Waals surface area contributed by atoms with Gasteiger partial charge >= 0.3 is 37.7 Å². The number of unbranched alkanes of at least 4 members (excludes halogenated alkanes) is 17. The number of rotatable bonds is 19. The Morgan fingerprint density at radius 3 is 1.04 bits per heavy atom. The van der Waals surface area contributed by atoms with Crippen LogP contribution in [0.2, 0.25) is 0 Å². The second-order valence-electron chi connectivity index (χ2n) is 7.30. The van der Waals surface area contributed by atoms with Gasteiger partial charge in [-0.3, -0.25) is 4.55 Å². The van der Waals surface area contributed by atoms with Crippen LogP contribution < -0.4 is 0 Å². The molecule has 0 saturated carbocycles. The maximum atomic E-state index is 10.6. The third kappa shape index (κ3) is 27.5. The van der Waals surface area contributed by atoms with Crippen LogP contribution in [0.4, 0.5) is 0 Å².